The molecule has 0 spiro atoms. The number of carbonyl (C=O) groups is 1. The molecule has 1 aromatic carbocycles. The maximum atomic E-state index is 12.5. The van der Waals surface area contributed by atoms with Gasteiger partial charge in [0.15, 0.2) is 0 Å². The zero-order chi connectivity index (χ0) is 14.7. The lowest BCUT2D eigenvalue weighted by Crippen LogP contribution is -2.29. The highest BCUT2D eigenvalue weighted by molar-refractivity contribution is 7.80. The fraction of sp³-hybridized carbons (Fsp3) is 0.133. The van der Waals surface area contributed by atoms with Gasteiger partial charge in [0.25, 0.3) is 5.91 Å². The fourth-order valence-corrected chi connectivity index (χ4v) is 2.15. The van der Waals surface area contributed by atoms with E-state index >= 15 is 0 Å². The van der Waals surface area contributed by atoms with Crippen molar-refractivity contribution in [3.63, 3.8) is 0 Å². The zero-order valence-corrected chi connectivity index (χ0v) is 12.1. The molecule has 4 nitrogen and oxygen atoms in total. The average molecular weight is 285 g/mol. The number of thiocarbonyl (C=S) groups is 1. The summed E-state index contributed by atoms with van der Waals surface area (Å²) in [4.78, 5) is 18.5. The summed E-state index contributed by atoms with van der Waals surface area (Å²) < 4.78 is 0. The van der Waals surface area contributed by atoms with Crippen molar-refractivity contribution in [2.24, 2.45) is 5.73 Å². The van der Waals surface area contributed by atoms with Gasteiger partial charge in [-0.2, -0.15) is 0 Å². The predicted molar refractivity (Wildman–Crippen MR) is 84.0 cm³/mol. The summed E-state index contributed by atoms with van der Waals surface area (Å²) in [6.45, 7) is 1.81. The molecule has 1 heterocycles. The maximum Gasteiger partial charge on any atom is 0.259 e. The molecular formula is C15H15N3OS. The van der Waals surface area contributed by atoms with Gasteiger partial charge in [0.05, 0.1) is 11.3 Å². The summed E-state index contributed by atoms with van der Waals surface area (Å²) in [6, 6.07) is 10.8. The normalized spacial score (nSPS) is 10.1. The van der Waals surface area contributed by atoms with Crippen LogP contribution >= 0.6 is 12.2 Å². The van der Waals surface area contributed by atoms with Gasteiger partial charge >= 0.3 is 0 Å². The number of nitrogens with two attached hydrogens (primary N) is 1. The number of carbonyl (C=O) groups excluding carboxylic acids is 1. The van der Waals surface area contributed by atoms with Crippen molar-refractivity contribution >= 4 is 28.8 Å². The number of hydrogen-bond donors (Lipinski definition) is 1. The molecule has 20 heavy (non-hydrogen) atoms. The molecule has 2 aromatic rings. The number of para-hydroxylation sites is 1. The van der Waals surface area contributed by atoms with E-state index in [-0.39, 0.29) is 10.9 Å². The van der Waals surface area contributed by atoms with Crippen LogP contribution in [0.3, 0.4) is 0 Å². The van der Waals surface area contributed by atoms with Gasteiger partial charge in [0.1, 0.15) is 4.99 Å². The Bertz CT molecular complexity index is 670. The first kappa shape index (κ1) is 14.1. The molecule has 0 fully saturated rings. The number of nitrogens with zero attached hydrogens (tertiary/aromatic N) is 2. The Morgan fingerprint density at radius 1 is 1.20 bits per heavy atom. The van der Waals surface area contributed by atoms with Crippen LogP contribution in [0.4, 0.5) is 5.69 Å². The number of aromatic nitrogens is 1. The Balaban J connectivity index is 2.42. The third-order valence-corrected chi connectivity index (χ3v) is 3.29. The van der Waals surface area contributed by atoms with Crippen molar-refractivity contribution in [2.45, 2.75) is 6.92 Å². The highest BCUT2D eigenvalue weighted by Crippen LogP contribution is 2.21. The second-order valence-corrected chi connectivity index (χ2v) is 4.82. The van der Waals surface area contributed by atoms with Crippen LogP contribution < -0.4 is 10.6 Å². The lowest BCUT2D eigenvalue weighted by atomic mass is 10.1. The van der Waals surface area contributed by atoms with E-state index in [0.717, 1.165) is 0 Å². The first-order valence-electron chi connectivity index (χ1n) is 6.11. The number of pyridine rings is 1. The summed E-state index contributed by atoms with van der Waals surface area (Å²) in [6.07, 6.45) is 1.66. The first-order valence-corrected chi connectivity index (χ1v) is 6.51. The smallest absolute Gasteiger partial charge is 0.259 e. The largest absolute Gasteiger partial charge is 0.389 e. The maximum absolute atomic E-state index is 12.5. The molecule has 0 bridgehead atoms. The van der Waals surface area contributed by atoms with Crippen LogP contribution in [-0.2, 0) is 0 Å². The standard InChI is InChI=1S/C15H15N3OS/c1-10-11(7-5-9-17-10)15(19)18(2)13-8-4-3-6-12(13)14(16)20/h3-9H,1-2H3,(H2,16,20). The van der Waals surface area contributed by atoms with Crippen LogP contribution in [0.2, 0.25) is 0 Å². The number of hydrogen-bond acceptors (Lipinski definition) is 3. The van der Waals surface area contributed by atoms with Crippen molar-refractivity contribution in [3.8, 4) is 0 Å². The minimum atomic E-state index is -0.140. The van der Waals surface area contributed by atoms with Gasteiger partial charge < -0.3 is 10.6 Å². The number of aryl methyl sites for hydroxylation is 1. The zero-order valence-electron chi connectivity index (χ0n) is 11.3. The van der Waals surface area contributed by atoms with Gasteiger partial charge in [-0.05, 0) is 31.2 Å². The molecule has 102 valence electrons. The van der Waals surface area contributed by atoms with Gasteiger partial charge in [-0.25, -0.2) is 0 Å². The van der Waals surface area contributed by atoms with E-state index in [1.165, 1.54) is 0 Å². The Hall–Kier alpha value is -2.27. The Morgan fingerprint density at radius 2 is 1.85 bits per heavy atom. The molecule has 0 atom stereocenters. The minimum Gasteiger partial charge on any atom is -0.389 e. The summed E-state index contributed by atoms with van der Waals surface area (Å²) in [5.41, 5.74) is 8.33. The summed E-state index contributed by atoms with van der Waals surface area (Å²) in [5.74, 6) is -0.140. The highest BCUT2D eigenvalue weighted by atomic mass is 32.1. The van der Waals surface area contributed by atoms with Crippen molar-refractivity contribution in [2.75, 3.05) is 11.9 Å². The number of amides is 1. The lowest BCUT2D eigenvalue weighted by molar-refractivity contribution is 0.0992. The molecule has 0 radical (unpaired) electrons. The molecule has 1 amide bonds. The van der Waals surface area contributed by atoms with E-state index < -0.39 is 0 Å². The van der Waals surface area contributed by atoms with Crippen LogP contribution in [-0.4, -0.2) is 22.9 Å². The topological polar surface area (TPSA) is 59.2 Å². The third-order valence-electron chi connectivity index (χ3n) is 3.07. The number of benzene rings is 1. The molecular weight excluding hydrogens is 270 g/mol. The van der Waals surface area contributed by atoms with Crippen LogP contribution in [0.25, 0.3) is 0 Å². The van der Waals surface area contributed by atoms with Crippen LogP contribution in [0, 0.1) is 6.92 Å². The van der Waals surface area contributed by atoms with Crippen molar-refractivity contribution in [1.29, 1.82) is 0 Å². The minimum absolute atomic E-state index is 0.140. The molecule has 0 saturated heterocycles. The molecule has 2 rings (SSSR count). The molecule has 2 N–H and O–H groups in total. The highest BCUT2D eigenvalue weighted by Gasteiger charge is 2.18. The van der Waals surface area contributed by atoms with Gasteiger partial charge in [0.2, 0.25) is 0 Å². The molecule has 0 unspecified atom stereocenters. The summed E-state index contributed by atoms with van der Waals surface area (Å²) >= 11 is 5.03. The lowest BCUT2D eigenvalue weighted by Gasteiger charge is -2.20. The summed E-state index contributed by atoms with van der Waals surface area (Å²) in [7, 11) is 1.70. The van der Waals surface area contributed by atoms with Crippen molar-refractivity contribution < 1.29 is 4.79 Å². The monoisotopic (exact) mass is 285 g/mol. The average Bonchev–Trinajstić information content (AvgIpc) is 2.46. The second-order valence-electron chi connectivity index (χ2n) is 4.38. The number of anilines is 1. The number of rotatable bonds is 3. The molecule has 0 aliphatic rings. The van der Waals surface area contributed by atoms with E-state index in [1.807, 2.05) is 18.2 Å². The quantitative estimate of drug-likeness (QED) is 0.879. The molecule has 1 aromatic heterocycles. The van der Waals surface area contributed by atoms with Crippen molar-refractivity contribution in [1.82, 2.24) is 4.98 Å². The first-order chi connectivity index (χ1) is 9.52. The van der Waals surface area contributed by atoms with E-state index in [1.54, 1.807) is 43.3 Å². The van der Waals surface area contributed by atoms with E-state index in [2.05, 4.69) is 4.98 Å². The Kier molecular flexibility index (Phi) is 4.10. The SMILES string of the molecule is Cc1ncccc1C(=O)N(C)c1ccccc1C(N)=S. The van der Waals surface area contributed by atoms with Crippen LogP contribution in [0.15, 0.2) is 42.6 Å². The van der Waals surface area contributed by atoms with E-state index in [4.69, 9.17) is 18.0 Å². The van der Waals surface area contributed by atoms with Gasteiger partial charge in [0, 0.05) is 24.5 Å². The van der Waals surface area contributed by atoms with Crippen LogP contribution in [0.1, 0.15) is 21.6 Å². The second kappa shape index (κ2) is 5.79. The molecule has 0 aliphatic carbocycles. The van der Waals surface area contributed by atoms with Gasteiger partial charge in [-0.1, -0.05) is 24.4 Å². The Morgan fingerprint density at radius 3 is 2.50 bits per heavy atom. The van der Waals surface area contributed by atoms with E-state index in [9.17, 15) is 4.79 Å². The molecule has 0 aliphatic heterocycles. The third kappa shape index (κ3) is 2.67. The summed E-state index contributed by atoms with van der Waals surface area (Å²) in [5, 5.41) is 0. The fourth-order valence-electron chi connectivity index (χ4n) is 1.97. The van der Waals surface area contributed by atoms with Gasteiger partial charge in [-0.3, -0.25) is 9.78 Å². The molecule has 0 saturated carbocycles. The van der Waals surface area contributed by atoms with Crippen LogP contribution in [0.5, 0.6) is 0 Å². The molecule has 5 heteroatoms. The van der Waals surface area contributed by atoms with Crippen molar-refractivity contribution in [3.05, 3.63) is 59.4 Å². The van der Waals surface area contributed by atoms with E-state index in [0.29, 0.717) is 22.5 Å². The Labute approximate surface area is 123 Å². The van der Waals surface area contributed by atoms with Gasteiger partial charge in [-0.15, -0.1) is 0 Å². The predicted octanol–water partition coefficient (Wildman–Crippen LogP) is 2.30.